The molecule has 3 heteroatoms. The predicted octanol–water partition coefficient (Wildman–Crippen LogP) is 3.91. The van der Waals surface area contributed by atoms with Crippen LogP contribution in [0.1, 0.15) is 31.7 Å². The zero-order valence-electron chi connectivity index (χ0n) is 9.73. The summed E-state index contributed by atoms with van der Waals surface area (Å²) in [5.74, 6) is -0.187. The van der Waals surface area contributed by atoms with Crippen molar-refractivity contribution in [1.82, 2.24) is 5.32 Å². The molecule has 0 unspecified atom stereocenters. The zero-order chi connectivity index (χ0) is 11.8. The largest absolute Gasteiger partial charge is 0.317 e. The quantitative estimate of drug-likeness (QED) is 0.750. The molecule has 0 fully saturated rings. The molecule has 0 saturated heterocycles. The molecule has 1 rings (SSSR count). The lowest BCUT2D eigenvalue weighted by molar-refractivity contribution is 0.611. The van der Waals surface area contributed by atoms with E-state index in [2.05, 4.69) is 28.2 Å². The van der Waals surface area contributed by atoms with E-state index in [1.54, 1.807) is 0 Å². The van der Waals surface area contributed by atoms with E-state index in [-0.39, 0.29) is 5.82 Å². The highest BCUT2D eigenvalue weighted by Gasteiger charge is 2.00. The molecular formula is C13H19BrFN. The molecule has 0 radical (unpaired) electrons. The Labute approximate surface area is 106 Å². The normalized spacial score (nSPS) is 10.7. The molecule has 0 bridgehead atoms. The van der Waals surface area contributed by atoms with Crippen molar-refractivity contribution in [3.05, 3.63) is 34.1 Å². The van der Waals surface area contributed by atoms with Gasteiger partial charge in [-0.25, -0.2) is 4.39 Å². The first-order chi connectivity index (χ1) is 7.74. The van der Waals surface area contributed by atoms with E-state index in [0.717, 1.165) is 25.9 Å². The van der Waals surface area contributed by atoms with Crippen LogP contribution in [0.15, 0.2) is 22.7 Å². The lowest BCUT2D eigenvalue weighted by Crippen LogP contribution is -2.15. The lowest BCUT2D eigenvalue weighted by Gasteiger charge is -2.04. The van der Waals surface area contributed by atoms with Crippen molar-refractivity contribution in [2.45, 2.75) is 32.6 Å². The molecule has 0 spiro atoms. The van der Waals surface area contributed by atoms with Gasteiger partial charge in [0.05, 0.1) is 4.47 Å². The van der Waals surface area contributed by atoms with E-state index < -0.39 is 0 Å². The number of halogens is 2. The van der Waals surface area contributed by atoms with Crippen LogP contribution in [0.5, 0.6) is 0 Å². The van der Waals surface area contributed by atoms with Crippen molar-refractivity contribution in [3.63, 3.8) is 0 Å². The third kappa shape index (κ3) is 5.08. The van der Waals surface area contributed by atoms with Gasteiger partial charge in [-0.1, -0.05) is 13.0 Å². The number of benzene rings is 1. The number of hydrogen-bond donors (Lipinski definition) is 1. The first kappa shape index (κ1) is 13.7. The van der Waals surface area contributed by atoms with E-state index in [4.69, 9.17) is 0 Å². The molecule has 90 valence electrons. The van der Waals surface area contributed by atoms with E-state index in [9.17, 15) is 4.39 Å². The van der Waals surface area contributed by atoms with E-state index in [1.807, 2.05) is 12.1 Å². The van der Waals surface area contributed by atoms with Gasteiger partial charge >= 0.3 is 0 Å². The summed E-state index contributed by atoms with van der Waals surface area (Å²) in [4.78, 5) is 0. The molecule has 0 amide bonds. The van der Waals surface area contributed by atoms with Crippen LogP contribution in [0.2, 0.25) is 0 Å². The number of nitrogens with one attached hydrogen (secondary N) is 1. The lowest BCUT2D eigenvalue weighted by atomic mass is 10.1. The fraction of sp³-hybridized carbons (Fsp3) is 0.538. The van der Waals surface area contributed by atoms with Gasteiger partial charge in [0.25, 0.3) is 0 Å². The fourth-order valence-electron chi connectivity index (χ4n) is 1.58. The Kier molecular flexibility index (Phi) is 6.65. The number of hydrogen-bond acceptors (Lipinski definition) is 1. The molecule has 0 atom stereocenters. The summed E-state index contributed by atoms with van der Waals surface area (Å²) in [6.07, 6.45) is 4.53. The van der Waals surface area contributed by atoms with E-state index >= 15 is 0 Å². The van der Waals surface area contributed by atoms with Gasteiger partial charge in [-0.2, -0.15) is 0 Å². The Morgan fingerprint density at radius 3 is 2.75 bits per heavy atom. The molecule has 1 aromatic rings. The Hall–Kier alpha value is -0.410. The van der Waals surface area contributed by atoms with Crippen molar-refractivity contribution in [1.29, 1.82) is 0 Å². The molecule has 0 heterocycles. The van der Waals surface area contributed by atoms with Crippen LogP contribution < -0.4 is 5.32 Å². The van der Waals surface area contributed by atoms with Crippen molar-refractivity contribution in [3.8, 4) is 0 Å². The highest BCUT2D eigenvalue weighted by molar-refractivity contribution is 9.10. The second-order valence-electron chi connectivity index (χ2n) is 3.96. The second kappa shape index (κ2) is 7.80. The van der Waals surface area contributed by atoms with Gasteiger partial charge in [-0.05, 0) is 72.4 Å². The molecule has 1 aromatic carbocycles. The average molecular weight is 288 g/mol. The van der Waals surface area contributed by atoms with Gasteiger partial charge in [0.15, 0.2) is 0 Å². The standard InChI is InChI=1S/C13H19BrFN/c1-2-8-16-9-4-3-5-11-6-7-13(15)12(14)10-11/h6-7,10,16H,2-5,8-9H2,1H3. The van der Waals surface area contributed by atoms with Crippen LogP contribution in [0.25, 0.3) is 0 Å². The van der Waals surface area contributed by atoms with Gasteiger partial charge in [0.1, 0.15) is 5.82 Å². The van der Waals surface area contributed by atoms with Gasteiger partial charge in [-0.15, -0.1) is 0 Å². The van der Waals surface area contributed by atoms with Crippen molar-refractivity contribution in [2.75, 3.05) is 13.1 Å². The summed E-state index contributed by atoms with van der Waals surface area (Å²) in [5, 5.41) is 3.37. The van der Waals surface area contributed by atoms with Crippen LogP contribution in [0.4, 0.5) is 4.39 Å². The van der Waals surface area contributed by atoms with E-state index in [1.165, 1.54) is 24.5 Å². The monoisotopic (exact) mass is 287 g/mol. The average Bonchev–Trinajstić information content (AvgIpc) is 2.28. The number of unbranched alkanes of at least 4 members (excludes halogenated alkanes) is 1. The van der Waals surface area contributed by atoms with Gasteiger partial charge < -0.3 is 5.32 Å². The van der Waals surface area contributed by atoms with Crippen molar-refractivity contribution >= 4 is 15.9 Å². The SMILES string of the molecule is CCCNCCCCc1ccc(F)c(Br)c1. The van der Waals surface area contributed by atoms with Crippen LogP contribution in [0, 0.1) is 5.82 Å². The Bertz CT molecular complexity index is 315. The van der Waals surface area contributed by atoms with Crippen molar-refractivity contribution in [2.24, 2.45) is 0 Å². The Balaban J connectivity index is 2.19. The minimum Gasteiger partial charge on any atom is -0.317 e. The molecule has 0 aromatic heterocycles. The third-order valence-corrected chi connectivity index (χ3v) is 3.09. The molecule has 0 saturated carbocycles. The summed E-state index contributed by atoms with van der Waals surface area (Å²) in [5.41, 5.74) is 1.20. The van der Waals surface area contributed by atoms with Gasteiger partial charge in [-0.3, -0.25) is 0 Å². The molecule has 0 aliphatic rings. The summed E-state index contributed by atoms with van der Waals surface area (Å²) >= 11 is 3.20. The summed E-state index contributed by atoms with van der Waals surface area (Å²) in [6.45, 7) is 4.35. The molecule has 0 aliphatic heterocycles. The van der Waals surface area contributed by atoms with E-state index in [0.29, 0.717) is 4.47 Å². The summed E-state index contributed by atoms with van der Waals surface area (Å²) in [7, 11) is 0. The highest BCUT2D eigenvalue weighted by atomic mass is 79.9. The minimum atomic E-state index is -0.187. The van der Waals surface area contributed by atoms with Crippen molar-refractivity contribution < 1.29 is 4.39 Å². The Morgan fingerprint density at radius 1 is 1.25 bits per heavy atom. The highest BCUT2D eigenvalue weighted by Crippen LogP contribution is 2.17. The third-order valence-electron chi connectivity index (χ3n) is 2.48. The zero-order valence-corrected chi connectivity index (χ0v) is 11.3. The number of rotatable bonds is 7. The first-order valence-electron chi connectivity index (χ1n) is 5.88. The maximum Gasteiger partial charge on any atom is 0.137 e. The maximum atomic E-state index is 13.0. The van der Waals surface area contributed by atoms with Gasteiger partial charge in [0.2, 0.25) is 0 Å². The first-order valence-corrected chi connectivity index (χ1v) is 6.68. The van der Waals surface area contributed by atoms with Crippen LogP contribution in [0.3, 0.4) is 0 Å². The Morgan fingerprint density at radius 2 is 2.06 bits per heavy atom. The smallest absolute Gasteiger partial charge is 0.137 e. The summed E-state index contributed by atoms with van der Waals surface area (Å²) in [6, 6.07) is 5.25. The molecule has 16 heavy (non-hydrogen) atoms. The predicted molar refractivity (Wildman–Crippen MR) is 70.2 cm³/mol. The van der Waals surface area contributed by atoms with Crippen LogP contribution >= 0.6 is 15.9 Å². The van der Waals surface area contributed by atoms with Gasteiger partial charge in [0, 0.05) is 0 Å². The fourth-order valence-corrected chi connectivity index (χ4v) is 2.00. The maximum absolute atomic E-state index is 13.0. The topological polar surface area (TPSA) is 12.0 Å². The molecule has 0 aliphatic carbocycles. The number of aryl methyl sites for hydroxylation is 1. The molecule has 1 nitrogen and oxygen atoms in total. The minimum absolute atomic E-state index is 0.187. The van der Waals surface area contributed by atoms with Crippen LogP contribution in [-0.2, 0) is 6.42 Å². The van der Waals surface area contributed by atoms with Crippen LogP contribution in [-0.4, -0.2) is 13.1 Å². The molecule has 1 N–H and O–H groups in total. The summed E-state index contributed by atoms with van der Waals surface area (Å²) < 4.78 is 13.5. The molecular weight excluding hydrogens is 269 g/mol. The second-order valence-corrected chi connectivity index (χ2v) is 4.81.